The van der Waals surface area contributed by atoms with E-state index in [4.69, 9.17) is 9.72 Å². The maximum absolute atomic E-state index is 13.4. The Morgan fingerprint density at radius 3 is 2.24 bits per heavy atom. The van der Waals surface area contributed by atoms with Crippen molar-refractivity contribution in [2.45, 2.75) is 46.6 Å². The Kier molecular flexibility index (Phi) is 7.46. The predicted octanol–water partition coefficient (Wildman–Crippen LogP) is 4.93. The van der Waals surface area contributed by atoms with Crippen LogP contribution in [0.4, 0.5) is 4.79 Å². The Hall–Kier alpha value is -4.40. The van der Waals surface area contributed by atoms with Gasteiger partial charge in [-0.1, -0.05) is 31.2 Å². The van der Waals surface area contributed by atoms with E-state index in [1.165, 1.54) is 0 Å². The fraction of sp³-hybridized carbons (Fsp3) is 0.375. The van der Waals surface area contributed by atoms with Crippen molar-refractivity contribution in [2.75, 3.05) is 26.2 Å². The van der Waals surface area contributed by atoms with E-state index in [1.54, 1.807) is 27.6 Å². The molecule has 1 aliphatic heterocycles. The Balaban J connectivity index is 1.44. The third-order valence-corrected chi connectivity index (χ3v) is 7.51. The van der Waals surface area contributed by atoms with Gasteiger partial charge in [0.15, 0.2) is 0 Å². The van der Waals surface area contributed by atoms with E-state index in [2.05, 4.69) is 6.92 Å². The molecule has 0 unspecified atom stereocenters. The molecule has 2 amide bonds. The molecule has 1 aromatic carbocycles. The molecule has 1 saturated heterocycles. The summed E-state index contributed by atoms with van der Waals surface area (Å²) < 4.78 is 9.09. The molecule has 0 radical (unpaired) electrons. The molecule has 9 nitrogen and oxygen atoms in total. The third kappa shape index (κ3) is 5.49. The average Bonchev–Trinajstić information content (AvgIpc) is 3.32. The maximum atomic E-state index is 13.4. The van der Waals surface area contributed by atoms with Gasteiger partial charge in [0.1, 0.15) is 11.2 Å². The molecular weight excluding hydrogens is 518 g/mol. The minimum absolute atomic E-state index is 0.0295. The van der Waals surface area contributed by atoms with Crippen LogP contribution in [0.15, 0.2) is 59.7 Å². The van der Waals surface area contributed by atoms with Crippen LogP contribution in [0.2, 0.25) is 0 Å². The lowest BCUT2D eigenvalue weighted by atomic mass is 9.94. The largest absolute Gasteiger partial charge is 0.444 e. The molecule has 9 heteroatoms. The number of aromatic nitrogens is 3. The quantitative estimate of drug-likeness (QED) is 0.356. The maximum Gasteiger partial charge on any atom is 0.410 e. The topological polar surface area (TPSA) is 89.2 Å². The molecule has 3 aromatic heterocycles. The van der Waals surface area contributed by atoms with Gasteiger partial charge in [-0.05, 0) is 63.4 Å². The fourth-order valence-corrected chi connectivity index (χ4v) is 5.36. The van der Waals surface area contributed by atoms with Crippen LogP contribution in [0.5, 0.6) is 0 Å². The van der Waals surface area contributed by atoms with E-state index < -0.39 is 5.60 Å². The van der Waals surface area contributed by atoms with Crippen molar-refractivity contribution in [3.63, 3.8) is 0 Å². The highest BCUT2D eigenvalue weighted by molar-refractivity contribution is 5.95. The second kappa shape index (κ2) is 10.9. The van der Waals surface area contributed by atoms with Crippen molar-refractivity contribution in [2.24, 2.45) is 7.05 Å². The minimum atomic E-state index is -0.558. The number of aryl methyl sites for hydroxylation is 2. The fourth-order valence-electron chi connectivity index (χ4n) is 5.36. The molecule has 0 N–H and O–H groups in total. The van der Waals surface area contributed by atoms with Gasteiger partial charge in [0, 0.05) is 62.3 Å². The van der Waals surface area contributed by atoms with E-state index in [0.29, 0.717) is 43.0 Å². The summed E-state index contributed by atoms with van der Waals surface area (Å²) in [6.07, 6.45) is 4.08. The first-order valence-corrected chi connectivity index (χ1v) is 14.0. The first-order valence-electron chi connectivity index (χ1n) is 14.0. The van der Waals surface area contributed by atoms with Crippen LogP contribution in [0.1, 0.15) is 49.3 Å². The summed E-state index contributed by atoms with van der Waals surface area (Å²) in [4.78, 5) is 47.0. The lowest BCUT2D eigenvalue weighted by Gasteiger charge is -2.35. The number of ether oxygens (including phenoxy) is 1. The highest BCUT2D eigenvalue weighted by Crippen LogP contribution is 2.35. The number of carbonyl (C=O) groups is 2. The van der Waals surface area contributed by atoms with Crippen LogP contribution in [-0.2, 0) is 18.2 Å². The lowest BCUT2D eigenvalue weighted by molar-refractivity contribution is 0.0141. The summed E-state index contributed by atoms with van der Waals surface area (Å²) in [5.41, 5.74) is 5.96. The van der Waals surface area contributed by atoms with Gasteiger partial charge in [0.2, 0.25) is 0 Å². The number of nitrogens with zero attached hydrogens (tertiary/aromatic N) is 5. The average molecular weight is 556 g/mol. The molecule has 0 spiro atoms. The van der Waals surface area contributed by atoms with Crippen LogP contribution < -0.4 is 5.56 Å². The second-order valence-corrected chi connectivity index (χ2v) is 11.5. The van der Waals surface area contributed by atoms with Crippen LogP contribution in [0, 0.1) is 6.92 Å². The van der Waals surface area contributed by atoms with Crippen molar-refractivity contribution >= 4 is 17.6 Å². The van der Waals surface area contributed by atoms with Crippen LogP contribution in [-0.4, -0.2) is 67.5 Å². The van der Waals surface area contributed by atoms with Gasteiger partial charge in [0.25, 0.3) is 11.5 Å². The summed E-state index contributed by atoms with van der Waals surface area (Å²) in [5.74, 6) is -0.0879. The number of amides is 2. The van der Waals surface area contributed by atoms with Gasteiger partial charge in [-0.3, -0.25) is 9.59 Å². The number of pyridine rings is 2. The van der Waals surface area contributed by atoms with Crippen LogP contribution >= 0.6 is 0 Å². The van der Waals surface area contributed by atoms with Gasteiger partial charge >= 0.3 is 6.09 Å². The molecule has 1 fully saturated rings. The third-order valence-electron chi connectivity index (χ3n) is 7.51. The Morgan fingerprint density at radius 2 is 1.59 bits per heavy atom. The molecule has 1 aliphatic rings. The highest BCUT2D eigenvalue weighted by Gasteiger charge is 2.28. The zero-order valence-electron chi connectivity index (χ0n) is 24.6. The Bertz CT molecular complexity index is 1690. The summed E-state index contributed by atoms with van der Waals surface area (Å²) in [5, 5.41) is 0. The normalized spacial score (nSPS) is 14.0. The molecule has 41 heavy (non-hydrogen) atoms. The van der Waals surface area contributed by atoms with Crippen LogP contribution in [0.3, 0.4) is 0 Å². The first-order chi connectivity index (χ1) is 19.5. The number of hydrogen-bond donors (Lipinski definition) is 0. The van der Waals surface area contributed by atoms with Crippen molar-refractivity contribution < 1.29 is 14.3 Å². The molecular formula is C32H37N5O4. The molecule has 214 valence electrons. The predicted molar refractivity (Wildman–Crippen MR) is 159 cm³/mol. The summed E-state index contributed by atoms with van der Waals surface area (Å²) in [6, 6.07) is 13.6. The number of rotatable bonds is 4. The van der Waals surface area contributed by atoms with Crippen molar-refractivity contribution in [1.82, 2.24) is 23.8 Å². The Morgan fingerprint density at radius 1 is 0.927 bits per heavy atom. The Labute approximate surface area is 240 Å². The monoisotopic (exact) mass is 555 g/mol. The minimum Gasteiger partial charge on any atom is -0.444 e. The van der Waals surface area contributed by atoms with Gasteiger partial charge in [0.05, 0.1) is 11.4 Å². The van der Waals surface area contributed by atoms with Gasteiger partial charge < -0.3 is 23.5 Å². The molecule has 0 atom stereocenters. The molecule has 5 rings (SSSR count). The zero-order valence-corrected chi connectivity index (χ0v) is 24.6. The number of piperazine rings is 1. The van der Waals surface area contributed by atoms with E-state index >= 15 is 0 Å². The summed E-state index contributed by atoms with van der Waals surface area (Å²) >= 11 is 0. The van der Waals surface area contributed by atoms with E-state index in [0.717, 1.165) is 34.5 Å². The number of hydrogen-bond acceptors (Lipinski definition) is 5. The van der Waals surface area contributed by atoms with Gasteiger partial charge in [-0.15, -0.1) is 0 Å². The molecule has 4 heterocycles. The summed E-state index contributed by atoms with van der Waals surface area (Å²) in [6.45, 7) is 11.2. The van der Waals surface area contributed by atoms with E-state index in [1.807, 2.05) is 80.8 Å². The molecule has 0 saturated carbocycles. The van der Waals surface area contributed by atoms with E-state index in [9.17, 15) is 14.4 Å². The number of fused-ring (bicyclic) bond motifs is 1. The standard InChI is InChI=1S/C32H37N5O4/c1-7-26-28(25-11-9-8-10-24(25)23-13-14-34(6)29(38)21(23)2)33-27-20-22(12-15-37(26)27)30(39)35-16-18-36(19-17-35)31(40)41-32(3,4)5/h8-15,20H,7,16-19H2,1-6H3. The SMILES string of the molecule is CCc1c(-c2ccccc2-c2ccn(C)c(=O)c2C)nc2cc(C(=O)N3CCN(C(=O)OC(C)(C)C)CC3)ccn12. The summed E-state index contributed by atoms with van der Waals surface area (Å²) in [7, 11) is 1.75. The second-order valence-electron chi connectivity index (χ2n) is 11.5. The lowest BCUT2D eigenvalue weighted by Crippen LogP contribution is -2.51. The van der Waals surface area contributed by atoms with Gasteiger partial charge in [-0.25, -0.2) is 9.78 Å². The first kappa shape index (κ1) is 28.1. The number of benzene rings is 1. The zero-order chi connectivity index (χ0) is 29.5. The van der Waals surface area contributed by atoms with Crippen molar-refractivity contribution in [1.29, 1.82) is 0 Å². The highest BCUT2D eigenvalue weighted by atomic mass is 16.6. The molecule has 0 aliphatic carbocycles. The number of carbonyl (C=O) groups excluding carboxylic acids is 2. The number of imidazole rings is 1. The molecule has 0 bridgehead atoms. The van der Waals surface area contributed by atoms with Gasteiger partial charge in [-0.2, -0.15) is 0 Å². The van der Waals surface area contributed by atoms with Crippen molar-refractivity contribution in [3.05, 3.63) is 82.0 Å². The van der Waals surface area contributed by atoms with Crippen LogP contribution in [0.25, 0.3) is 28.0 Å². The van der Waals surface area contributed by atoms with Crippen molar-refractivity contribution in [3.8, 4) is 22.4 Å². The smallest absolute Gasteiger partial charge is 0.410 e. The molecule has 4 aromatic rings. The van der Waals surface area contributed by atoms with E-state index in [-0.39, 0.29) is 17.6 Å².